The maximum absolute atomic E-state index is 15.0. The minimum Gasteiger partial charge on any atom is -0.325 e. The van der Waals surface area contributed by atoms with E-state index in [9.17, 15) is 0 Å². The highest BCUT2D eigenvalue weighted by Crippen LogP contribution is 2.44. The van der Waals surface area contributed by atoms with E-state index in [0.29, 0.717) is 0 Å². The van der Waals surface area contributed by atoms with Gasteiger partial charge in [-0.25, -0.2) is 9.97 Å². The van der Waals surface area contributed by atoms with E-state index < -0.39 is 7.14 Å². The highest BCUT2D eigenvalue weighted by atomic mass is 31.2. The third-order valence-electron chi connectivity index (χ3n) is 5.96. The number of hydrogen-bond donors (Lipinski definition) is 0. The van der Waals surface area contributed by atoms with E-state index >= 15 is 4.57 Å². The first kappa shape index (κ1) is 20.4. The molecule has 158 valence electrons. The van der Waals surface area contributed by atoms with E-state index in [4.69, 9.17) is 0 Å². The van der Waals surface area contributed by atoms with Crippen LogP contribution in [0.15, 0.2) is 91.3 Å². The molecule has 0 aliphatic rings. The van der Waals surface area contributed by atoms with Gasteiger partial charge in [0.25, 0.3) is 0 Å². The summed E-state index contributed by atoms with van der Waals surface area (Å²) in [7, 11) is -1.20. The first-order chi connectivity index (χ1) is 15.5. The summed E-state index contributed by atoms with van der Waals surface area (Å²) in [4.78, 5) is 9.12. The average Bonchev–Trinajstić information content (AvgIpc) is 3.17. The van der Waals surface area contributed by atoms with Gasteiger partial charge in [-0.1, -0.05) is 90.0 Å². The molecule has 32 heavy (non-hydrogen) atoms. The van der Waals surface area contributed by atoms with Gasteiger partial charge in [-0.15, -0.1) is 0 Å². The number of rotatable bonds is 4. The van der Waals surface area contributed by atoms with Gasteiger partial charge in [0.1, 0.15) is 12.0 Å². The number of benzene rings is 3. The van der Waals surface area contributed by atoms with Gasteiger partial charge in [0.2, 0.25) is 0 Å². The third-order valence-corrected chi connectivity index (χ3v) is 9.09. The van der Waals surface area contributed by atoms with E-state index in [2.05, 4.69) is 9.97 Å². The lowest BCUT2D eigenvalue weighted by Crippen LogP contribution is -2.29. The fourth-order valence-corrected chi connectivity index (χ4v) is 6.97. The van der Waals surface area contributed by atoms with Crippen LogP contribution in [0.4, 0.5) is 0 Å². The van der Waals surface area contributed by atoms with Crippen LogP contribution in [0.1, 0.15) is 11.1 Å². The highest BCUT2D eigenvalue weighted by Gasteiger charge is 2.33. The summed E-state index contributed by atoms with van der Waals surface area (Å²) >= 11 is 0. The molecule has 4 nitrogen and oxygen atoms in total. The molecule has 0 aliphatic carbocycles. The van der Waals surface area contributed by atoms with Gasteiger partial charge >= 0.3 is 0 Å². The number of hydrogen-bond acceptors (Lipinski definition) is 3. The summed E-state index contributed by atoms with van der Waals surface area (Å²) in [6.07, 6.45) is 1.58. The van der Waals surface area contributed by atoms with Crippen molar-refractivity contribution in [2.45, 2.75) is 13.8 Å². The molecule has 3 aromatic carbocycles. The molecule has 5 heteroatoms. The zero-order valence-corrected chi connectivity index (χ0v) is 19.3. The Morgan fingerprint density at radius 2 is 1.31 bits per heavy atom. The first-order valence-electron chi connectivity index (χ1n) is 10.6. The molecule has 5 rings (SSSR count). The predicted molar refractivity (Wildman–Crippen MR) is 133 cm³/mol. The lowest BCUT2D eigenvalue weighted by molar-refractivity contribution is 0.591. The van der Waals surface area contributed by atoms with E-state index in [1.165, 1.54) is 0 Å². The minimum atomic E-state index is -3.14. The molecule has 0 amide bonds. The molecule has 0 atom stereocenters. The van der Waals surface area contributed by atoms with Crippen LogP contribution in [0.2, 0.25) is 0 Å². The summed E-state index contributed by atoms with van der Waals surface area (Å²) in [5.74, 6) is 0. The summed E-state index contributed by atoms with van der Waals surface area (Å²) in [6.45, 7) is 4.08. The number of aromatic nitrogens is 3. The Hall–Kier alpha value is -3.49. The topological polar surface area (TPSA) is 47.8 Å². The molecular formula is C27H24N3OP. The average molecular weight is 437 g/mol. The molecule has 0 unspecified atom stereocenters. The van der Waals surface area contributed by atoms with Crippen molar-refractivity contribution in [3.63, 3.8) is 0 Å². The standard InChI is InChI=1S/C27H24N3OP/c1-19-9-13-22(14-10-19)32(31,23-15-11-20(2)12-16-23)25-17-24-26(21-7-5-4-6-8-21)28-18-29-27(24)30(25)3/h4-18H,1-3H3. The first-order valence-corrected chi connectivity index (χ1v) is 12.3. The van der Waals surface area contributed by atoms with Crippen molar-refractivity contribution in [3.8, 4) is 11.3 Å². The maximum atomic E-state index is 15.0. The van der Waals surface area contributed by atoms with Crippen LogP contribution in [0.25, 0.3) is 22.3 Å². The second-order valence-corrected chi connectivity index (χ2v) is 10.9. The second-order valence-electron chi connectivity index (χ2n) is 8.17. The summed E-state index contributed by atoms with van der Waals surface area (Å²) in [5, 5.41) is 2.52. The van der Waals surface area contributed by atoms with Crippen LogP contribution in [-0.4, -0.2) is 14.5 Å². The zero-order chi connectivity index (χ0) is 22.3. The zero-order valence-electron chi connectivity index (χ0n) is 18.4. The van der Waals surface area contributed by atoms with Gasteiger partial charge in [0.15, 0.2) is 7.14 Å². The highest BCUT2D eigenvalue weighted by molar-refractivity contribution is 7.85. The van der Waals surface area contributed by atoms with Gasteiger partial charge < -0.3 is 9.13 Å². The van der Waals surface area contributed by atoms with Crippen LogP contribution in [-0.2, 0) is 11.6 Å². The number of aryl methyl sites for hydroxylation is 3. The van der Waals surface area contributed by atoms with Crippen LogP contribution in [0, 0.1) is 13.8 Å². The smallest absolute Gasteiger partial charge is 0.186 e. The van der Waals surface area contributed by atoms with Gasteiger partial charge in [-0.2, -0.15) is 0 Å². The van der Waals surface area contributed by atoms with Crippen molar-refractivity contribution in [1.82, 2.24) is 14.5 Å². The van der Waals surface area contributed by atoms with Crippen molar-refractivity contribution in [3.05, 3.63) is 102 Å². The number of nitrogens with zero attached hydrogens (tertiary/aromatic N) is 3. The van der Waals surface area contributed by atoms with Crippen molar-refractivity contribution < 1.29 is 4.57 Å². The van der Waals surface area contributed by atoms with E-state index in [0.717, 1.165) is 49.5 Å². The van der Waals surface area contributed by atoms with E-state index in [1.807, 2.05) is 110 Å². The molecule has 2 aromatic heterocycles. The van der Waals surface area contributed by atoms with Crippen molar-refractivity contribution in [2.24, 2.45) is 7.05 Å². The molecule has 0 fully saturated rings. The molecule has 0 aliphatic heterocycles. The second kappa shape index (κ2) is 7.89. The molecule has 2 heterocycles. The predicted octanol–water partition coefficient (Wildman–Crippen LogP) is 4.89. The van der Waals surface area contributed by atoms with Crippen molar-refractivity contribution in [1.29, 1.82) is 0 Å². The Morgan fingerprint density at radius 3 is 1.88 bits per heavy atom. The van der Waals surface area contributed by atoms with Crippen LogP contribution < -0.4 is 16.0 Å². The quantitative estimate of drug-likeness (QED) is 0.376. The molecule has 0 spiro atoms. The lowest BCUT2D eigenvalue weighted by Gasteiger charge is -2.20. The summed E-state index contributed by atoms with van der Waals surface area (Å²) < 4.78 is 17.0. The molecule has 0 radical (unpaired) electrons. The minimum absolute atomic E-state index is 0.748. The monoisotopic (exact) mass is 437 g/mol. The maximum Gasteiger partial charge on any atom is 0.186 e. The molecule has 0 saturated heterocycles. The fourth-order valence-electron chi connectivity index (χ4n) is 4.17. The Balaban J connectivity index is 1.81. The molecule has 0 N–H and O–H groups in total. The van der Waals surface area contributed by atoms with Gasteiger partial charge in [0.05, 0.1) is 11.1 Å². The van der Waals surface area contributed by atoms with Gasteiger partial charge in [0, 0.05) is 28.6 Å². The summed E-state index contributed by atoms with van der Waals surface area (Å²) in [6, 6.07) is 28.1. The van der Waals surface area contributed by atoms with Crippen LogP contribution >= 0.6 is 7.14 Å². The van der Waals surface area contributed by atoms with Crippen LogP contribution in [0.5, 0.6) is 0 Å². The van der Waals surface area contributed by atoms with Gasteiger partial charge in [-0.3, -0.25) is 0 Å². The fraction of sp³-hybridized carbons (Fsp3) is 0.111. The van der Waals surface area contributed by atoms with Gasteiger partial charge in [-0.05, 0) is 19.9 Å². The van der Waals surface area contributed by atoms with E-state index in [-0.39, 0.29) is 0 Å². The Morgan fingerprint density at radius 1 is 0.750 bits per heavy atom. The van der Waals surface area contributed by atoms with Crippen molar-refractivity contribution >= 4 is 34.2 Å². The molecule has 0 bridgehead atoms. The summed E-state index contributed by atoms with van der Waals surface area (Å²) in [5.41, 5.74) is 5.65. The third kappa shape index (κ3) is 3.28. The lowest BCUT2D eigenvalue weighted by atomic mass is 10.1. The van der Waals surface area contributed by atoms with Crippen molar-refractivity contribution in [2.75, 3.05) is 0 Å². The Labute approximate surface area is 188 Å². The molecule has 5 aromatic rings. The SMILES string of the molecule is Cc1ccc(P(=O)(c2ccc(C)cc2)c2cc3c(-c4ccccc4)ncnc3n2C)cc1. The van der Waals surface area contributed by atoms with E-state index in [1.54, 1.807) is 6.33 Å². The Kier molecular flexibility index (Phi) is 5.03. The molecular weight excluding hydrogens is 413 g/mol. The molecule has 0 saturated carbocycles. The largest absolute Gasteiger partial charge is 0.325 e. The van der Waals surface area contributed by atoms with Crippen LogP contribution in [0.3, 0.4) is 0 Å². The normalized spacial score (nSPS) is 11.7. The Bertz CT molecular complexity index is 1400. The number of fused-ring (bicyclic) bond motifs is 1.